The van der Waals surface area contributed by atoms with Gasteiger partial charge in [-0.05, 0) is 6.92 Å². The van der Waals surface area contributed by atoms with Crippen molar-refractivity contribution in [2.45, 2.75) is 26.8 Å². The summed E-state index contributed by atoms with van der Waals surface area (Å²) in [4.78, 5) is 4.18. The Hall–Kier alpha value is -1.85. The predicted octanol–water partition coefficient (Wildman–Crippen LogP) is 0.767. The smallest absolute Gasteiger partial charge is 0.248 e. The standard InChI is InChI=1S/C9H13N5O/c1-3-8-11-9(15-13-8)5-14-4-7(10)6(2)12-14/h4H,3,5,10H2,1-2H3. The average Bonchev–Trinajstić information content (AvgIpc) is 2.76. The zero-order chi connectivity index (χ0) is 10.8. The molecule has 2 aromatic rings. The van der Waals surface area contributed by atoms with Crippen LogP contribution in [0.25, 0.3) is 0 Å². The van der Waals surface area contributed by atoms with Gasteiger partial charge >= 0.3 is 0 Å². The summed E-state index contributed by atoms with van der Waals surface area (Å²) >= 11 is 0. The first kappa shape index (κ1) is 9.70. The van der Waals surface area contributed by atoms with Crippen molar-refractivity contribution in [3.8, 4) is 0 Å². The first-order chi connectivity index (χ1) is 7.19. The van der Waals surface area contributed by atoms with Gasteiger partial charge in [0.05, 0.1) is 11.4 Å². The van der Waals surface area contributed by atoms with Crippen LogP contribution in [0.15, 0.2) is 10.7 Å². The molecule has 0 aliphatic heterocycles. The molecule has 0 spiro atoms. The van der Waals surface area contributed by atoms with Crippen LogP contribution in [0.1, 0.15) is 24.3 Å². The van der Waals surface area contributed by atoms with E-state index in [9.17, 15) is 0 Å². The van der Waals surface area contributed by atoms with Crippen molar-refractivity contribution < 1.29 is 4.52 Å². The lowest BCUT2D eigenvalue weighted by Gasteiger charge is -1.93. The Bertz CT molecular complexity index is 439. The van der Waals surface area contributed by atoms with Crippen LogP contribution in [0.5, 0.6) is 0 Å². The largest absolute Gasteiger partial charge is 0.396 e. The minimum atomic E-state index is 0.463. The molecule has 15 heavy (non-hydrogen) atoms. The first-order valence-electron chi connectivity index (χ1n) is 4.80. The molecule has 2 heterocycles. The summed E-state index contributed by atoms with van der Waals surface area (Å²) in [7, 11) is 0. The molecule has 0 bridgehead atoms. The van der Waals surface area contributed by atoms with Gasteiger partial charge in [-0.1, -0.05) is 12.1 Å². The highest BCUT2D eigenvalue weighted by molar-refractivity contribution is 5.39. The van der Waals surface area contributed by atoms with Crippen LogP contribution in [0.4, 0.5) is 5.69 Å². The number of hydrogen-bond donors (Lipinski definition) is 1. The Labute approximate surface area is 87.1 Å². The van der Waals surface area contributed by atoms with Crippen molar-refractivity contribution in [3.05, 3.63) is 23.6 Å². The molecule has 0 aromatic carbocycles. The van der Waals surface area contributed by atoms with Gasteiger partial charge in [-0.2, -0.15) is 10.1 Å². The average molecular weight is 207 g/mol. The summed E-state index contributed by atoms with van der Waals surface area (Å²) in [5, 5.41) is 8.01. The second kappa shape index (κ2) is 3.72. The molecule has 0 aliphatic rings. The Morgan fingerprint density at radius 1 is 1.53 bits per heavy atom. The van der Waals surface area contributed by atoms with Gasteiger partial charge in [-0.25, -0.2) is 0 Å². The topological polar surface area (TPSA) is 82.8 Å². The lowest BCUT2D eigenvalue weighted by molar-refractivity contribution is 0.361. The van der Waals surface area contributed by atoms with Crippen LogP contribution < -0.4 is 5.73 Å². The summed E-state index contributed by atoms with van der Waals surface area (Å²) in [6.45, 7) is 4.30. The fourth-order valence-electron chi connectivity index (χ4n) is 1.25. The fourth-order valence-corrected chi connectivity index (χ4v) is 1.25. The summed E-state index contributed by atoms with van der Waals surface area (Å²) in [5.74, 6) is 1.26. The molecule has 0 saturated heterocycles. The zero-order valence-corrected chi connectivity index (χ0v) is 8.77. The van der Waals surface area contributed by atoms with E-state index in [1.807, 2.05) is 13.8 Å². The van der Waals surface area contributed by atoms with Crippen LogP contribution in [0, 0.1) is 6.92 Å². The zero-order valence-electron chi connectivity index (χ0n) is 8.77. The summed E-state index contributed by atoms with van der Waals surface area (Å²) in [6.07, 6.45) is 2.52. The number of nitrogens with two attached hydrogens (primary N) is 1. The van der Waals surface area contributed by atoms with E-state index < -0.39 is 0 Å². The van der Waals surface area contributed by atoms with E-state index in [4.69, 9.17) is 10.3 Å². The van der Waals surface area contributed by atoms with Gasteiger partial charge < -0.3 is 10.3 Å². The highest BCUT2D eigenvalue weighted by Gasteiger charge is 2.07. The minimum Gasteiger partial charge on any atom is -0.396 e. The molecular weight excluding hydrogens is 194 g/mol. The first-order valence-corrected chi connectivity index (χ1v) is 4.80. The molecule has 0 unspecified atom stereocenters. The number of nitrogens with zero attached hydrogens (tertiary/aromatic N) is 4. The van der Waals surface area contributed by atoms with Crippen molar-refractivity contribution in [3.63, 3.8) is 0 Å². The van der Waals surface area contributed by atoms with Crippen LogP contribution in [-0.4, -0.2) is 19.9 Å². The minimum absolute atomic E-state index is 0.463. The highest BCUT2D eigenvalue weighted by Crippen LogP contribution is 2.08. The Kier molecular flexibility index (Phi) is 2.40. The maximum Gasteiger partial charge on any atom is 0.248 e. The number of nitrogen functional groups attached to an aromatic ring is 1. The number of anilines is 1. The number of aromatic nitrogens is 4. The molecule has 0 amide bonds. The van der Waals surface area contributed by atoms with E-state index in [-0.39, 0.29) is 0 Å². The van der Waals surface area contributed by atoms with E-state index >= 15 is 0 Å². The molecule has 2 N–H and O–H groups in total. The monoisotopic (exact) mass is 207 g/mol. The third-order valence-electron chi connectivity index (χ3n) is 2.11. The van der Waals surface area contributed by atoms with E-state index in [1.54, 1.807) is 10.9 Å². The molecule has 2 aromatic heterocycles. The van der Waals surface area contributed by atoms with Gasteiger partial charge in [-0.15, -0.1) is 0 Å². The third kappa shape index (κ3) is 1.98. The summed E-state index contributed by atoms with van der Waals surface area (Å²) in [6, 6.07) is 0. The number of rotatable bonds is 3. The van der Waals surface area contributed by atoms with Crippen LogP contribution >= 0.6 is 0 Å². The fraction of sp³-hybridized carbons (Fsp3) is 0.444. The Balaban J connectivity index is 2.14. The van der Waals surface area contributed by atoms with Crippen molar-refractivity contribution in [2.24, 2.45) is 0 Å². The lowest BCUT2D eigenvalue weighted by Crippen LogP contribution is -2.00. The lowest BCUT2D eigenvalue weighted by atomic mass is 10.4. The van der Waals surface area contributed by atoms with Crippen molar-refractivity contribution in [1.82, 2.24) is 19.9 Å². The summed E-state index contributed by atoms with van der Waals surface area (Å²) < 4.78 is 6.74. The molecule has 0 radical (unpaired) electrons. The van der Waals surface area contributed by atoms with Gasteiger partial charge in [0.1, 0.15) is 6.54 Å². The highest BCUT2D eigenvalue weighted by atomic mass is 16.5. The molecule has 6 nitrogen and oxygen atoms in total. The SMILES string of the molecule is CCc1noc(Cn2cc(N)c(C)n2)n1. The molecule has 0 atom stereocenters. The van der Waals surface area contributed by atoms with Crippen LogP contribution in [-0.2, 0) is 13.0 Å². The summed E-state index contributed by atoms with van der Waals surface area (Å²) in [5.41, 5.74) is 7.16. The van der Waals surface area contributed by atoms with Gasteiger partial charge in [0.25, 0.3) is 0 Å². The molecule has 0 aliphatic carbocycles. The Morgan fingerprint density at radius 3 is 2.87 bits per heavy atom. The van der Waals surface area contributed by atoms with Crippen LogP contribution in [0.2, 0.25) is 0 Å². The molecule has 0 saturated carbocycles. The van der Waals surface area contributed by atoms with Gasteiger partial charge in [-0.3, -0.25) is 4.68 Å². The maximum atomic E-state index is 5.68. The van der Waals surface area contributed by atoms with E-state index in [1.165, 1.54) is 0 Å². The van der Waals surface area contributed by atoms with Gasteiger partial charge in [0, 0.05) is 12.6 Å². The molecule has 2 rings (SSSR count). The molecule has 0 fully saturated rings. The molecule has 80 valence electrons. The van der Waals surface area contributed by atoms with E-state index in [0.29, 0.717) is 23.9 Å². The maximum absolute atomic E-state index is 5.68. The Morgan fingerprint density at radius 2 is 2.33 bits per heavy atom. The van der Waals surface area contributed by atoms with Crippen molar-refractivity contribution in [1.29, 1.82) is 0 Å². The number of hydrogen-bond acceptors (Lipinski definition) is 5. The van der Waals surface area contributed by atoms with Gasteiger partial charge in [0.2, 0.25) is 5.89 Å². The molecular formula is C9H13N5O. The van der Waals surface area contributed by atoms with Crippen molar-refractivity contribution >= 4 is 5.69 Å². The predicted molar refractivity (Wildman–Crippen MR) is 54.2 cm³/mol. The van der Waals surface area contributed by atoms with Crippen LogP contribution in [0.3, 0.4) is 0 Å². The quantitative estimate of drug-likeness (QED) is 0.803. The number of aryl methyl sites for hydroxylation is 2. The normalized spacial score (nSPS) is 10.8. The third-order valence-corrected chi connectivity index (χ3v) is 2.11. The second-order valence-electron chi connectivity index (χ2n) is 3.33. The van der Waals surface area contributed by atoms with E-state index in [0.717, 1.165) is 12.1 Å². The van der Waals surface area contributed by atoms with E-state index in [2.05, 4.69) is 15.2 Å². The molecule has 6 heteroatoms. The second-order valence-corrected chi connectivity index (χ2v) is 3.33. The van der Waals surface area contributed by atoms with Crippen molar-refractivity contribution in [2.75, 3.05) is 5.73 Å². The van der Waals surface area contributed by atoms with Gasteiger partial charge in [0.15, 0.2) is 5.82 Å².